The number of aryl methyl sites for hydroxylation is 1. The van der Waals surface area contributed by atoms with Crippen LogP contribution in [0.3, 0.4) is 0 Å². The molecule has 0 aromatic carbocycles. The van der Waals surface area contributed by atoms with Crippen LogP contribution < -0.4 is 5.73 Å². The van der Waals surface area contributed by atoms with Gasteiger partial charge in [-0.2, -0.15) is 5.10 Å². The summed E-state index contributed by atoms with van der Waals surface area (Å²) in [6, 6.07) is 0.0625. The average molecular weight is 308 g/mol. The summed E-state index contributed by atoms with van der Waals surface area (Å²) in [5.41, 5.74) is 8.22. The lowest BCUT2D eigenvalue weighted by Gasteiger charge is -2.58. The molecule has 1 heterocycles. The number of hydrogen-bond donors (Lipinski definition) is 1. The van der Waals surface area contributed by atoms with E-state index in [9.17, 15) is 0 Å². The summed E-state index contributed by atoms with van der Waals surface area (Å²) >= 11 is 6.45. The van der Waals surface area contributed by atoms with Crippen LogP contribution in [0.1, 0.15) is 63.6 Å². The molecule has 1 aromatic heterocycles. The highest BCUT2D eigenvalue weighted by Gasteiger charge is 2.54. The van der Waals surface area contributed by atoms with Gasteiger partial charge in [-0.15, -0.1) is 0 Å². The molecule has 1 atom stereocenters. The van der Waals surface area contributed by atoms with E-state index in [0.717, 1.165) is 41.4 Å². The lowest BCUT2D eigenvalue weighted by Crippen LogP contribution is -2.51. The maximum atomic E-state index is 6.83. The van der Waals surface area contributed by atoms with Crippen molar-refractivity contribution >= 4 is 11.6 Å². The fourth-order valence-corrected chi connectivity index (χ4v) is 6.18. The molecule has 21 heavy (non-hydrogen) atoms. The van der Waals surface area contributed by atoms with E-state index < -0.39 is 0 Å². The number of rotatable bonds is 4. The molecule has 116 valence electrons. The molecular weight excluding hydrogens is 282 g/mol. The summed E-state index contributed by atoms with van der Waals surface area (Å²) in [7, 11) is 0. The van der Waals surface area contributed by atoms with Gasteiger partial charge in [0.05, 0.1) is 23.0 Å². The van der Waals surface area contributed by atoms with Gasteiger partial charge >= 0.3 is 0 Å². The molecule has 3 nitrogen and oxygen atoms in total. The first-order valence-electron chi connectivity index (χ1n) is 8.58. The maximum absolute atomic E-state index is 6.83. The first-order chi connectivity index (χ1) is 10.1. The van der Waals surface area contributed by atoms with Crippen molar-refractivity contribution in [1.29, 1.82) is 0 Å². The first-order valence-corrected chi connectivity index (χ1v) is 8.96. The Morgan fingerprint density at radius 2 is 1.86 bits per heavy atom. The van der Waals surface area contributed by atoms with Crippen LogP contribution in [0.2, 0.25) is 5.02 Å². The van der Waals surface area contributed by atoms with Crippen LogP contribution in [0.25, 0.3) is 0 Å². The van der Waals surface area contributed by atoms with Gasteiger partial charge in [0.1, 0.15) is 0 Å². The third kappa shape index (κ3) is 2.16. The standard InChI is InChI=1S/C17H26ClN3/c1-2-3-21-15(14(18)10-20-21)16(19)17-7-11-4-12(8-17)6-13(5-11)9-17/h10-13,16H,2-9,19H2,1H3. The molecule has 0 amide bonds. The number of nitrogens with two attached hydrogens (primary N) is 1. The topological polar surface area (TPSA) is 43.8 Å². The largest absolute Gasteiger partial charge is 0.322 e. The fourth-order valence-electron chi connectivity index (χ4n) is 5.92. The van der Waals surface area contributed by atoms with Crippen molar-refractivity contribution in [2.75, 3.05) is 0 Å². The van der Waals surface area contributed by atoms with Gasteiger partial charge in [0.25, 0.3) is 0 Å². The number of nitrogens with zero attached hydrogens (tertiary/aromatic N) is 2. The zero-order valence-electron chi connectivity index (χ0n) is 12.9. The highest BCUT2D eigenvalue weighted by Crippen LogP contribution is 2.63. The minimum Gasteiger partial charge on any atom is -0.322 e. The van der Waals surface area contributed by atoms with Crippen LogP contribution in [0.5, 0.6) is 0 Å². The predicted octanol–water partition coefficient (Wildman–Crippen LogP) is 4.16. The van der Waals surface area contributed by atoms with E-state index >= 15 is 0 Å². The molecule has 0 saturated heterocycles. The molecule has 1 aromatic rings. The summed E-state index contributed by atoms with van der Waals surface area (Å²) in [5, 5.41) is 5.23. The average Bonchev–Trinajstić information content (AvgIpc) is 2.78. The maximum Gasteiger partial charge on any atom is 0.0834 e. The Morgan fingerprint density at radius 1 is 1.29 bits per heavy atom. The smallest absolute Gasteiger partial charge is 0.0834 e. The van der Waals surface area contributed by atoms with Crippen LogP contribution in [-0.4, -0.2) is 9.78 Å². The molecule has 4 aliphatic carbocycles. The van der Waals surface area contributed by atoms with Gasteiger partial charge in [-0.05, 0) is 68.1 Å². The van der Waals surface area contributed by atoms with Gasteiger partial charge in [0, 0.05) is 6.54 Å². The van der Waals surface area contributed by atoms with E-state index in [1.54, 1.807) is 6.20 Å². The normalized spacial score (nSPS) is 38.9. The van der Waals surface area contributed by atoms with Crippen LogP contribution >= 0.6 is 11.6 Å². The molecular formula is C17H26ClN3. The Morgan fingerprint density at radius 3 is 2.38 bits per heavy atom. The van der Waals surface area contributed by atoms with Gasteiger partial charge in [0.15, 0.2) is 0 Å². The Kier molecular flexibility index (Phi) is 3.34. The second kappa shape index (κ2) is 4.99. The quantitative estimate of drug-likeness (QED) is 0.907. The number of halogens is 1. The Balaban J connectivity index is 1.68. The van der Waals surface area contributed by atoms with Crippen molar-refractivity contribution in [3.63, 3.8) is 0 Å². The van der Waals surface area contributed by atoms with Crippen molar-refractivity contribution in [1.82, 2.24) is 9.78 Å². The number of hydrogen-bond acceptors (Lipinski definition) is 2. The SMILES string of the molecule is CCCn1ncc(Cl)c1C(N)C12CC3CC(CC(C3)C1)C2. The van der Waals surface area contributed by atoms with Gasteiger partial charge < -0.3 is 5.73 Å². The van der Waals surface area contributed by atoms with Gasteiger partial charge in [-0.1, -0.05) is 18.5 Å². The van der Waals surface area contributed by atoms with Crippen molar-refractivity contribution in [3.8, 4) is 0 Å². The van der Waals surface area contributed by atoms with Crippen molar-refractivity contribution in [2.24, 2.45) is 28.9 Å². The first kappa shape index (κ1) is 14.1. The zero-order chi connectivity index (χ0) is 14.6. The third-order valence-corrected chi connectivity index (χ3v) is 6.60. The van der Waals surface area contributed by atoms with Gasteiger partial charge in [-0.25, -0.2) is 0 Å². The highest BCUT2D eigenvalue weighted by atomic mass is 35.5. The van der Waals surface area contributed by atoms with Crippen LogP contribution in [0.15, 0.2) is 6.20 Å². The van der Waals surface area contributed by atoms with Gasteiger partial charge in [-0.3, -0.25) is 4.68 Å². The summed E-state index contributed by atoms with van der Waals surface area (Å²) < 4.78 is 2.06. The third-order valence-electron chi connectivity index (χ3n) is 6.31. The van der Waals surface area contributed by atoms with E-state index in [0.29, 0.717) is 5.41 Å². The van der Waals surface area contributed by atoms with Crippen LogP contribution in [-0.2, 0) is 6.54 Å². The minimum atomic E-state index is 0.0625. The zero-order valence-corrected chi connectivity index (χ0v) is 13.6. The Labute approximate surface area is 132 Å². The van der Waals surface area contributed by atoms with E-state index in [4.69, 9.17) is 17.3 Å². The molecule has 4 aliphatic rings. The molecule has 5 rings (SSSR count). The summed E-state index contributed by atoms with van der Waals surface area (Å²) in [5.74, 6) is 2.76. The summed E-state index contributed by atoms with van der Waals surface area (Å²) in [6.07, 6.45) is 11.1. The molecule has 4 fully saturated rings. The summed E-state index contributed by atoms with van der Waals surface area (Å²) in [4.78, 5) is 0. The predicted molar refractivity (Wildman–Crippen MR) is 85.1 cm³/mol. The number of aromatic nitrogens is 2. The lowest BCUT2D eigenvalue weighted by molar-refractivity contribution is -0.0691. The monoisotopic (exact) mass is 307 g/mol. The van der Waals surface area contributed by atoms with Gasteiger partial charge in [0.2, 0.25) is 0 Å². The second-order valence-corrected chi connectivity index (χ2v) is 8.27. The molecule has 0 spiro atoms. The van der Waals surface area contributed by atoms with Crippen molar-refractivity contribution in [3.05, 3.63) is 16.9 Å². The highest BCUT2D eigenvalue weighted by molar-refractivity contribution is 6.31. The molecule has 4 bridgehead atoms. The lowest BCUT2D eigenvalue weighted by atomic mass is 9.47. The van der Waals surface area contributed by atoms with Crippen molar-refractivity contribution in [2.45, 2.75) is 64.5 Å². The molecule has 4 saturated carbocycles. The minimum absolute atomic E-state index is 0.0625. The fraction of sp³-hybridized carbons (Fsp3) is 0.824. The van der Waals surface area contributed by atoms with E-state index in [-0.39, 0.29) is 6.04 Å². The molecule has 0 radical (unpaired) electrons. The molecule has 0 aliphatic heterocycles. The van der Waals surface area contributed by atoms with Crippen LogP contribution in [0, 0.1) is 23.2 Å². The summed E-state index contributed by atoms with van der Waals surface area (Å²) in [6.45, 7) is 3.09. The molecule has 4 heteroatoms. The van der Waals surface area contributed by atoms with Crippen molar-refractivity contribution < 1.29 is 0 Å². The van der Waals surface area contributed by atoms with E-state index in [1.165, 1.54) is 38.5 Å². The second-order valence-electron chi connectivity index (χ2n) is 7.86. The molecule has 1 unspecified atom stereocenters. The molecule has 2 N–H and O–H groups in total. The van der Waals surface area contributed by atoms with Crippen LogP contribution in [0.4, 0.5) is 0 Å². The van der Waals surface area contributed by atoms with E-state index in [1.807, 2.05) is 0 Å². The van der Waals surface area contributed by atoms with E-state index in [2.05, 4.69) is 16.7 Å². The Hall–Kier alpha value is -0.540. The Bertz CT molecular complexity index is 501.